The van der Waals surface area contributed by atoms with Crippen LogP contribution in [0.5, 0.6) is 0 Å². The fraction of sp³-hybridized carbons (Fsp3) is 1.00. The van der Waals surface area contributed by atoms with Crippen LogP contribution in [0.15, 0.2) is 0 Å². The minimum Gasteiger partial charge on any atom is -0.391 e. The molecule has 1 heterocycles. The molecule has 0 bridgehead atoms. The number of hydrogen-bond donors (Lipinski definition) is 1. The van der Waals surface area contributed by atoms with E-state index >= 15 is 0 Å². The van der Waals surface area contributed by atoms with Crippen molar-refractivity contribution in [2.75, 3.05) is 27.2 Å². The molecule has 0 radical (unpaired) electrons. The SMILES string of the molecule is CC1CC(C)C(N2CCCC2CN(C)C)C(O)C1. The Morgan fingerprint density at radius 1 is 1.22 bits per heavy atom. The molecule has 1 saturated heterocycles. The Bertz CT molecular complexity index is 257. The van der Waals surface area contributed by atoms with E-state index in [0.717, 1.165) is 13.0 Å². The summed E-state index contributed by atoms with van der Waals surface area (Å²) in [7, 11) is 4.30. The van der Waals surface area contributed by atoms with E-state index in [1.54, 1.807) is 0 Å². The molecule has 2 fully saturated rings. The quantitative estimate of drug-likeness (QED) is 0.832. The molecule has 3 nitrogen and oxygen atoms in total. The molecule has 0 aromatic rings. The average molecular weight is 254 g/mol. The van der Waals surface area contributed by atoms with Gasteiger partial charge >= 0.3 is 0 Å². The maximum Gasteiger partial charge on any atom is 0.0700 e. The number of rotatable bonds is 3. The van der Waals surface area contributed by atoms with Gasteiger partial charge in [-0.25, -0.2) is 0 Å². The molecule has 0 aromatic carbocycles. The Hall–Kier alpha value is -0.120. The van der Waals surface area contributed by atoms with Gasteiger partial charge in [-0.15, -0.1) is 0 Å². The fourth-order valence-corrected chi connectivity index (χ4v) is 4.22. The Morgan fingerprint density at radius 3 is 2.56 bits per heavy atom. The lowest BCUT2D eigenvalue weighted by Crippen LogP contribution is -2.54. The van der Waals surface area contributed by atoms with Crippen LogP contribution in [0, 0.1) is 11.8 Å². The van der Waals surface area contributed by atoms with Gasteiger partial charge in [-0.2, -0.15) is 0 Å². The monoisotopic (exact) mass is 254 g/mol. The van der Waals surface area contributed by atoms with Crippen molar-refractivity contribution in [1.82, 2.24) is 9.80 Å². The second-order valence-corrected chi connectivity index (χ2v) is 6.91. The minimum atomic E-state index is -0.119. The van der Waals surface area contributed by atoms with E-state index in [4.69, 9.17) is 0 Å². The molecule has 2 rings (SSSR count). The fourth-order valence-electron chi connectivity index (χ4n) is 4.22. The second kappa shape index (κ2) is 5.89. The van der Waals surface area contributed by atoms with Crippen molar-refractivity contribution >= 4 is 0 Å². The summed E-state index contributed by atoms with van der Waals surface area (Å²) in [6.07, 6.45) is 4.73. The highest BCUT2D eigenvalue weighted by molar-refractivity contribution is 4.95. The van der Waals surface area contributed by atoms with Crippen molar-refractivity contribution in [1.29, 1.82) is 0 Å². The van der Waals surface area contributed by atoms with Crippen molar-refractivity contribution in [2.45, 2.75) is 57.7 Å². The molecule has 1 saturated carbocycles. The van der Waals surface area contributed by atoms with Crippen LogP contribution in [-0.2, 0) is 0 Å². The van der Waals surface area contributed by atoms with E-state index in [2.05, 4.69) is 37.7 Å². The van der Waals surface area contributed by atoms with Crippen LogP contribution < -0.4 is 0 Å². The Kier molecular flexibility index (Phi) is 4.68. The van der Waals surface area contributed by atoms with Crippen LogP contribution >= 0.6 is 0 Å². The van der Waals surface area contributed by atoms with Gasteiger partial charge in [-0.05, 0) is 58.2 Å². The first kappa shape index (κ1) is 14.3. The van der Waals surface area contributed by atoms with Crippen molar-refractivity contribution in [3.05, 3.63) is 0 Å². The summed E-state index contributed by atoms with van der Waals surface area (Å²) in [6, 6.07) is 1.05. The first-order valence-corrected chi connectivity index (χ1v) is 7.57. The zero-order valence-corrected chi connectivity index (χ0v) is 12.5. The summed E-state index contributed by atoms with van der Waals surface area (Å²) >= 11 is 0. The topological polar surface area (TPSA) is 26.7 Å². The molecule has 0 amide bonds. The van der Waals surface area contributed by atoms with Gasteiger partial charge in [-0.3, -0.25) is 4.90 Å². The van der Waals surface area contributed by atoms with E-state index in [-0.39, 0.29) is 6.10 Å². The zero-order chi connectivity index (χ0) is 13.3. The van der Waals surface area contributed by atoms with Gasteiger partial charge in [0.2, 0.25) is 0 Å². The molecule has 1 aliphatic heterocycles. The number of nitrogens with zero attached hydrogens (tertiary/aromatic N) is 2. The lowest BCUT2D eigenvalue weighted by Gasteiger charge is -2.45. The predicted molar refractivity (Wildman–Crippen MR) is 75.6 cm³/mol. The van der Waals surface area contributed by atoms with Crippen LogP contribution in [0.3, 0.4) is 0 Å². The molecule has 18 heavy (non-hydrogen) atoms. The molecule has 3 heteroatoms. The lowest BCUT2D eigenvalue weighted by molar-refractivity contribution is -0.0324. The second-order valence-electron chi connectivity index (χ2n) is 6.91. The summed E-state index contributed by atoms with van der Waals surface area (Å²) in [6.45, 7) is 6.91. The summed E-state index contributed by atoms with van der Waals surface area (Å²) in [5.41, 5.74) is 0. The summed E-state index contributed by atoms with van der Waals surface area (Å²) < 4.78 is 0. The van der Waals surface area contributed by atoms with Crippen LogP contribution in [-0.4, -0.2) is 60.3 Å². The molecule has 2 aliphatic rings. The maximum absolute atomic E-state index is 10.5. The predicted octanol–water partition coefficient (Wildman–Crippen LogP) is 1.81. The first-order valence-electron chi connectivity index (χ1n) is 7.57. The summed E-state index contributed by atoms with van der Waals surface area (Å²) in [5.74, 6) is 1.31. The highest BCUT2D eigenvalue weighted by Gasteiger charge is 2.41. The molecule has 5 atom stereocenters. The number of aliphatic hydroxyl groups excluding tert-OH is 1. The van der Waals surface area contributed by atoms with Gasteiger partial charge in [0.1, 0.15) is 0 Å². The van der Waals surface area contributed by atoms with Gasteiger partial charge in [0.15, 0.2) is 0 Å². The highest BCUT2D eigenvalue weighted by atomic mass is 16.3. The van der Waals surface area contributed by atoms with E-state index in [1.807, 2.05) is 0 Å². The third kappa shape index (κ3) is 3.06. The molecule has 1 aliphatic carbocycles. The Labute approximate surface area is 112 Å². The molecule has 0 spiro atoms. The number of aliphatic hydroxyl groups is 1. The van der Waals surface area contributed by atoms with Crippen molar-refractivity contribution in [3.8, 4) is 0 Å². The number of likely N-dealkylation sites (N-methyl/N-ethyl adjacent to an activating group) is 1. The van der Waals surface area contributed by atoms with Gasteiger partial charge in [-0.1, -0.05) is 13.8 Å². The Morgan fingerprint density at radius 2 is 1.94 bits per heavy atom. The van der Waals surface area contributed by atoms with Crippen molar-refractivity contribution in [3.63, 3.8) is 0 Å². The van der Waals surface area contributed by atoms with Gasteiger partial charge in [0.25, 0.3) is 0 Å². The van der Waals surface area contributed by atoms with E-state index in [0.29, 0.717) is 23.9 Å². The number of hydrogen-bond acceptors (Lipinski definition) is 3. The van der Waals surface area contributed by atoms with Gasteiger partial charge in [0.05, 0.1) is 6.10 Å². The average Bonchev–Trinajstić information content (AvgIpc) is 2.63. The van der Waals surface area contributed by atoms with Crippen LogP contribution in [0.4, 0.5) is 0 Å². The normalized spacial score (nSPS) is 42.7. The third-order valence-electron chi connectivity index (χ3n) is 4.78. The molecular formula is C15H30N2O. The van der Waals surface area contributed by atoms with Crippen LogP contribution in [0.1, 0.15) is 39.5 Å². The Balaban J connectivity index is 2.04. The molecule has 5 unspecified atom stereocenters. The van der Waals surface area contributed by atoms with E-state index in [9.17, 15) is 5.11 Å². The smallest absolute Gasteiger partial charge is 0.0700 e. The lowest BCUT2D eigenvalue weighted by atomic mass is 9.77. The standard InChI is InChI=1S/C15H30N2O/c1-11-8-12(2)15(14(18)9-11)17-7-5-6-13(17)10-16(3)4/h11-15,18H,5-10H2,1-4H3. The van der Waals surface area contributed by atoms with Crippen LogP contribution in [0.2, 0.25) is 0 Å². The molecular weight excluding hydrogens is 224 g/mol. The van der Waals surface area contributed by atoms with Gasteiger partial charge in [0, 0.05) is 18.6 Å². The van der Waals surface area contributed by atoms with Crippen molar-refractivity contribution < 1.29 is 5.11 Å². The van der Waals surface area contributed by atoms with Crippen LogP contribution in [0.25, 0.3) is 0 Å². The van der Waals surface area contributed by atoms with Gasteiger partial charge < -0.3 is 10.0 Å². The largest absolute Gasteiger partial charge is 0.391 e. The van der Waals surface area contributed by atoms with E-state index in [1.165, 1.54) is 25.8 Å². The number of likely N-dealkylation sites (tertiary alicyclic amines) is 1. The van der Waals surface area contributed by atoms with Crippen molar-refractivity contribution in [2.24, 2.45) is 11.8 Å². The molecule has 1 N–H and O–H groups in total. The minimum absolute atomic E-state index is 0.119. The highest BCUT2D eigenvalue weighted by Crippen LogP contribution is 2.35. The summed E-state index contributed by atoms with van der Waals surface area (Å²) in [4.78, 5) is 4.90. The summed E-state index contributed by atoms with van der Waals surface area (Å²) in [5, 5.41) is 10.5. The maximum atomic E-state index is 10.5. The molecule has 0 aromatic heterocycles. The zero-order valence-electron chi connectivity index (χ0n) is 12.5. The third-order valence-corrected chi connectivity index (χ3v) is 4.78. The first-order chi connectivity index (χ1) is 8.49. The molecule has 106 valence electrons. The van der Waals surface area contributed by atoms with E-state index < -0.39 is 0 Å².